The van der Waals surface area contributed by atoms with Gasteiger partial charge in [0.15, 0.2) is 22.6 Å². The number of fused-ring (bicyclic) bond motifs is 4. The number of likely N-dealkylation sites (tertiary alicyclic amines) is 2. The molecule has 4 aliphatic heterocycles. The summed E-state index contributed by atoms with van der Waals surface area (Å²) in [5.74, 6) is -2.54. The predicted octanol–water partition coefficient (Wildman–Crippen LogP) is 22.5. The van der Waals surface area contributed by atoms with E-state index in [0.29, 0.717) is 68.4 Å². The van der Waals surface area contributed by atoms with Crippen LogP contribution < -0.4 is 5.32 Å². The number of benzene rings is 3. The summed E-state index contributed by atoms with van der Waals surface area (Å²) in [5.41, 5.74) is 21.3. The highest BCUT2D eigenvalue weighted by molar-refractivity contribution is 6.30. The molecule has 4 saturated heterocycles. The number of hydrogen-bond donors (Lipinski definition) is 1. The molecule has 3 aromatic carbocycles. The van der Waals surface area contributed by atoms with Crippen molar-refractivity contribution in [2.24, 2.45) is 0 Å². The number of nitrogens with zero attached hydrogens (tertiary/aromatic N) is 24. The van der Waals surface area contributed by atoms with Gasteiger partial charge in [-0.15, -0.1) is 0 Å². The maximum Gasteiger partial charge on any atom is 0.160 e. The number of aromatic nitrogens is 21. The van der Waals surface area contributed by atoms with Gasteiger partial charge in [-0.05, 0) is 278 Å². The van der Waals surface area contributed by atoms with Crippen molar-refractivity contribution in [3.05, 3.63) is 334 Å². The third-order valence-corrected chi connectivity index (χ3v) is 27.4. The maximum absolute atomic E-state index is 14.7. The van der Waals surface area contributed by atoms with E-state index < -0.39 is 23.3 Å². The van der Waals surface area contributed by atoms with E-state index in [-0.39, 0.29) is 16.9 Å². The molecule has 1 N–H and O–H groups in total. The molecular formula is C113H101ClF5N25O. The molecule has 32 heteroatoms. The summed E-state index contributed by atoms with van der Waals surface area (Å²) >= 11 is 6.17. The van der Waals surface area contributed by atoms with Gasteiger partial charge in [-0.3, -0.25) is 48.5 Å². The zero-order chi connectivity index (χ0) is 98.8. The van der Waals surface area contributed by atoms with Crippen LogP contribution in [0.3, 0.4) is 0 Å². The van der Waals surface area contributed by atoms with Crippen molar-refractivity contribution < 1.29 is 26.7 Å². The summed E-state index contributed by atoms with van der Waals surface area (Å²) in [5, 5.41) is 25.8. The first-order chi connectivity index (χ1) is 71.0. The lowest BCUT2D eigenvalue weighted by Crippen LogP contribution is -2.37. The van der Waals surface area contributed by atoms with Crippen LogP contribution in [0.2, 0.25) is 5.02 Å². The first kappa shape index (κ1) is 95.4. The van der Waals surface area contributed by atoms with Gasteiger partial charge in [0.25, 0.3) is 0 Å². The van der Waals surface area contributed by atoms with Gasteiger partial charge in [0.1, 0.15) is 29.1 Å². The quantitative estimate of drug-likeness (QED) is 0.0694. The molecule has 0 bridgehead atoms. The number of hydrogen-bond acceptors (Lipinski definition) is 22. The smallest absolute Gasteiger partial charge is 0.160 e. The molecule has 0 aliphatic carbocycles. The van der Waals surface area contributed by atoms with Crippen LogP contribution >= 0.6 is 11.6 Å². The number of aryl methyl sites for hydroxylation is 2. The van der Waals surface area contributed by atoms with Crippen LogP contribution in [-0.4, -0.2) is 204 Å². The molecule has 4 fully saturated rings. The average Bonchev–Trinajstić information content (AvgIpc) is 1.20. The zero-order valence-electron chi connectivity index (χ0n) is 80.0. The van der Waals surface area contributed by atoms with E-state index in [9.17, 15) is 22.0 Å². The summed E-state index contributed by atoms with van der Waals surface area (Å²) in [4.78, 5) is 66.3. The molecule has 0 atom stereocenters. The van der Waals surface area contributed by atoms with Crippen LogP contribution in [0.4, 0.5) is 22.0 Å². The molecule has 21 heterocycles. The fourth-order valence-electron chi connectivity index (χ4n) is 19.3. The molecule has 726 valence electrons. The Kier molecular flexibility index (Phi) is 28.7. The van der Waals surface area contributed by atoms with Crippen LogP contribution in [0.25, 0.3) is 178 Å². The maximum atomic E-state index is 14.7. The van der Waals surface area contributed by atoms with E-state index in [1.807, 2.05) is 157 Å². The van der Waals surface area contributed by atoms with E-state index in [1.54, 1.807) is 61.6 Å². The Bertz CT molecular complexity index is 8050. The third kappa shape index (κ3) is 21.9. The molecule has 20 aromatic rings. The molecule has 17 aromatic heterocycles. The van der Waals surface area contributed by atoms with Crippen LogP contribution in [0.5, 0.6) is 0 Å². The molecule has 0 unspecified atom stereocenters. The minimum atomic E-state index is -0.548. The van der Waals surface area contributed by atoms with Crippen molar-refractivity contribution in [3.8, 4) is 134 Å². The molecule has 0 amide bonds. The molecule has 24 rings (SSSR count). The summed E-state index contributed by atoms with van der Waals surface area (Å²) in [7, 11) is 2.18. The number of halogens is 6. The number of rotatable bonds is 20. The minimum absolute atomic E-state index is 0.0845. The molecule has 0 saturated carbocycles. The van der Waals surface area contributed by atoms with Crippen LogP contribution in [0.15, 0.2) is 294 Å². The normalized spacial score (nSPS) is 14.7. The second kappa shape index (κ2) is 43.6. The lowest BCUT2D eigenvalue weighted by Gasteiger charge is -2.31. The first-order valence-electron chi connectivity index (χ1n) is 48.8. The predicted molar refractivity (Wildman–Crippen MR) is 554 cm³/mol. The Morgan fingerprint density at radius 1 is 0.345 bits per heavy atom. The molecule has 145 heavy (non-hydrogen) atoms. The Balaban J connectivity index is 0.000000114. The Labute approximate surface area is 838 Å². The average molecular weight is 1960 g/mol. The van der Waals surface area contributed by atoms with E-state index >= 15 is 0 Å². The molecule has 4 aliphatic rings. The van der Waals surface area contributed by atoms with Crippen molar-refractivity contribution in [3.63, 3.8) is 0 Å². The van der Waals surface area contributed by atoms with Crippen LogP contribution in [0.1, 0.15) is 75.7 Å². The van der Waals surface area contributed by atoms with Crippen molar-refractivity contribution in [1.29, 1.82) is 0 Å². The summed E-state index contributed by atoms with van der Waals surface area (Å²) in [6, 6.07) is 49.6. The van der Waals surface area contributed by atoms with Crippen molar-refractivity contribution in [1.82, 2.24) is 124 Å². The Hall–Kier alpha value is -15.8. The van der Waals surface area contributed by atoms with Gasteiger partial charge in [-0.1, -0.05) is 24.6 Å². The number of pyridine rings is 13. The fourth-order valence-corrected chi connectivity index (χ4v) is 19.5. The second-order valence-corrected chi connectivity index (χ2v) is 37.1. The monoisotopic (exact) mass is 1950 g/mol. The second-order valence-electron chi connectivity index (χ2n) is 36.7. The molecular weight excluding hydrogens is 1850 g/mol. The number of morpholine rings is 1. The van der Waals surface area contributed by atoms with Crippen molar-refractivity contribution >= 4 is 55.7 Å². The fraction of sp³-hybridized carbons (Fsp3) is 0.230. The Morgan fingerprint density at radius 2 is 0.731 bits per heavy atom. The number of piperidine rings is 3. The van der Waals surface area contributed by atoms with Crippen molar-refractivity contribution in [2.45, 2.75) is 83.5 Å². The topological polar surface area (TPSA) is 270 Å². The van der Waals surface area contributed by atoms with Crippen LogP contribution in [0, 0.1) is 36.0 Å². The third-order valence-electron chi connectivity index (χ3n) is 27.2. The molecule has 26 nitrogen and oxygen atoms in total. The SMILES string of the molecule is CCN1CCC(n2cc(-c3cncc(-c4cc(-c5cc(Cl)ccc5F)nc5ncccc45)c3)cn2)CC1.Cc1cccc(-c2cc(-c3cncc(-c4cnn(C5CCN(C)CC5)c4)c3)c3cccnc3n2)n1.Fc1ccc(F)c(-c2cc(-c3cncc(-c4cnn(C5CCNCC5)c4)c3)c3cccnc3n2)c1.Fc1ccc(F)c(-c2cc(-c3cncc(-c4cnn(CCCN5CCOCC5)c4)c3)c3cccnc3n2)c1. The minimum Gasteiger partial charge on any atom is -0.379 e. The van der Waals surface area contributed by atoms with E-state index in [4.69, 9.17) is 26.4 Å². The van der Waals surface area contributed by atoms with E-state index in [0.717, 1.165) is 294 Å². The van der Waals surface area contributed by atoms with E-state index in [1.165, 1.54) is 12.1 Å². The van der Waals surface area contributed by atoms with Crippen molar-refractivity contribution in [2.75, 3.05) is 85.7 Å². The van der Waals surface area contributed by atoms with Gasteiger partial charge in [0.05, 0.1) is 84.6 Å². The summed E-state index contributed by atoms with van der Waals surface area (Å²) in [6.45, 7) is 17.1. The van der Waals surface area contributed by atoms with Gasteiger partial charge in [-0.2, -0.15) is 20.4 Å². The molecule has 0 radical (unpaired) electrons. The zero-order valence-corrected chi connectivity index (χ0v) is 80.8. The number of ether oxygens (including phenoxy) is 1. The highest BCUT2D eigenvalue weighted by atomic mass is 35.5. The largest absolute Gasteiger partial charge is 0.379 e. The summed E-state index contributed by atoms with van der Waals surface area (Å²) < 4.78 is 85.4. The van der Waals surface area contributed by atoms with Gasteiger partial charge in [0.2, 0.25) is 0 Å². The highest BCUT2D eigenvalue weighted by Crippen LogP contribution is 2.42. The summed E-state index contributed by atoms with van der Waals surface area (Å²) in [6.07, 6.45) is 44.8. The van der Waals surface area contributed by atoms with Crippen LogP contribution in [-0.2, 0) is 11.3 Å². The van der Waals surface area contributed by atoms with Gasteiger partial charge in [-0.25, -0.2) is 61.8 Å². The van der Waals surface area contributed by atoms with Gasteiger partial charge in [0, 0.05) is 254 Å². The van der Waals surface area contributed by atoms with Gasteiger partial charge >= 0.3 is 0 Å². The first-order valence-corrected chi connectivity index (χ1v) is 49.1. The van der Waals surface area contributed by atoms with Gasteiger partial charge < -0.3 is 19.9 Å². The Morgan fingerprint density at radius 3 is 1.17 bits per heavy atom. The number of nitrogens with one attached hydrogen (secondary N) is 1. The lowest BCUT2D eigenvalue weighted by molar-refractivity contribution is 0.0368. The lowest BCUT2D eigenvalue weighted by atomic mass is 9.99. The van der Waals surface area contributed by atoms with E-state index in [2.05, 4.69) is 161 Å². The highest BCUT2D eigenvalue weighted by Gasteiger charge is 2.27. The standard InChI is InChI=1S/C29H26ClFN6.C29H26F2N6O.C28H27N7.C27H22F2N6/c1-2-36-10-7-23(8-11-36)37-18-21(17-34-37)19-12-20(16-32-15-19)25-14-28(26-13-22(30)5-6-27(26)31)35-29-24(25)4-3-9-33-29;30-23-4-5-27(31)26(14-23)28-15-25(24-3-1-6-33-29(24)35-28)21-13-20(16-32-17-21)22-18-34-37(19-22)8-2-7-36-9-11-38-12-10-36;1-19-5-3-7-26(32-19)27-14-25(24-6-4-10-30-28(24)33-27)21-13-20(15-29-16-21)22-17-31-35(18-22)23-8-11-34(2)12-9-23;28-20-3-4-25(29)24(11-20)26-12-23(22-2-1-7-32-27(22)34-26)18-10-17(13-31-14-18)19-15-33-35(16-19)21-5-8-30-9-6-21/h3-6,9,12-18,23H,2,7-8,10-11H2,1H3;1,3-6,13-19H,2,7-12H2;3-7,10,13-18,23H,8-9,11-12H2,1-2H3;1-4,7,10-16,21,30H,5-6,8-9H2. The molecule has 0 spiro atoms.